The number of hydrogen-bond acceptors (Lipinski definition) is 6. The maximum atomic E-state index is 10.7. The fourth-order valence-electron chi connectivity index (χ4n) is 3.92. The summed E-state index contributed by atoms with van der Waals surface area (Å²) in [6.45, 7) is 2.27. The van der Waals surface area contributed by atoms with Gasteiger partial charge in [0.1, 0.15) is 12.4 Å². The van der Waals surface area contributed by atoms with Crippen LogP contribution < -0.4 is 9.64 Å². The Morgan fingerprint density at radius 3 is 2.38 bits per heavy atom. The zero-order chi connectivity index (χ0) is 25.9. The molecule has 4 rings (SSSR count). The molecule has 0 bridgehead atoms. The van der Waals surface area contributed by atoms with E-state index in [1.807, 2.05) is 54.2 Å². The predicted molar refractivity (Wildman–Crippen MR) is 155 cm³/mol. The Bertz CT molecular complexity index is 1240. The summed E-state index contributed by atoms with van der Waals surface area (Å²) in [5.41, 5.74) is 5.52. The van der Waals surface area contributed by atoms with Crippen LogP contribution in [-0.4, -0.2) is 34.6 Å². The van der Waals surface area contributed by atoms with Crippen molar-refractivity contribution in [1.29, 1.82) is 0 Å². The first-order valence-corrected chi connectivity index (χ1v) is 14.6. The van der Waals surface area contributed by atoms with Crippen LogP contribution in [0.25, 0.3) is 11.3 Å². The summed E-state index contributed by atoms with van der Waals surface area (Å²) in [5, 5.41) is 12.0. The summed E-state index contributed by atoms with van der Waals surface area (Å²) in [6, 6.07) is 26.6. The van der Waals surface area contributed by atoms with Crippen molar-refractivity contribution in [3.05, 3.63) is 101 Å². The molecule has 0 aliphatic carbocycles. The Hall–Kier alpha value is -3.29. The van der Waals surface area contributed by atoms with Crippen molar-refractivity contribution in [2.75, 3.05) is 23.5 Å². The summed E-state index contributed by atoms with van der Waals surface area (Å²) in [6.07, 6.45) is 3.93. The summed E-state index contributed by atoms with van der Waals surface area (Å²) in [5.74, 6) is 1.13. The molecule has 1 heterocycles. The molecule has 0 unspecified atom stereocenters. The van der Waals surface area contributed by atoms with Crippen molar-refractivity contribution in [2.24, 2.45) is 0 Å². The Morgan fingerprint density at radius 1 is 0.973 bits per heavy atom. The minimum atomic E-state index is -0.782. The van der Waals surface area contributed by atoms with E-state index in [1.54, 1.807) is 11.3 Å². The molecule has 0 atom stereocenters. The molecule has 5 nitrogen and oxygen atoms in total. The van der Waals surface area contributed by atoms with E-state index in [0.29, 0.717) is 13.0 Å². The molecule has 0 aliphatic rings. The number of aliphatic carboxylic acids is 1. The van der Waals surface area contributed by atoms with Crippen LogP contribution in [0.3, 0.4) is 0 Å². The van der Waals surface area contributed by atoms with Gasteiger partial charge >= 0.3 is 5.97 Å². The molecule has 0 amide bonds. The lowest BCUT2D eigenvalue weighted by molar-refractivity contribution is -0.136. The molecule has 1 N–H and O–H groups in total. The second-order valence-electron chi connectivity index (χ2n) is 8.79. The normalized spacial score (nSPS) is 10.8. The van der Waals surface area contributed by atoms with E-state index >= 15 is 0 Å². The first-order valence-electron chi connectivity index (χ1n) is 12.4. The largest absolute Gasteiger partial charge is 0.489 e. The average molecular weight is 533 g/mol. The molecule has 0 saturated carbocycles. The number of carboxylic acid groups (broad SMARTS) is 1. The van der Waals surface area contributed by atoms with Crippen LogP contribution in [0, 0.1) is 0 Å². The third kappa shape index (κ3) is 8.37. The number of carboxylic acids is 1. The van der Waals surface area contributed by atoms with Crippen LogP contribution in [0.5, 0.6) is 5.75 Å². The van der Waals surface area contributed by atoms with Crippen LogP contribution >= 0.6 is 23.1 Å². The maximum Gasteiger partial charge on any atom is 0.303 e. The van der Waals surface area contributed by atoms with E-state index in [9.17, 15) is 4.79 Å². The number of benzene rings is 3. The Balaban J connectivity index is 1.35. The van der Waals surface area contributed by atoms with Gasteiger partial charge in [0.05, 0.1) is 5.69 Å². The summed E-state index contributed by atoms with van der Waals surface area (Å²) >= 11 is 3.58. The van der Waals surface area contributed by atoms with E-state index in [2.05, 4.69) is 52.9 Å². The lowest BCUT2D eigenvalue weighted by Gasteiger charge is -2.22. The molecule has 0 fully saturated rings. The van der Waals surface area contributed by atoms with Crippen molar-refractivity contribution in [2.45, 2.75) is 32.4 Å². The van der Waals surface area contributed by atoms with Crippen LogP contribution in [0.4, 0.5) is 5.13 Å². The van der Waals surface area contributed by atoms with Crippen molar-refractivity contribution in [3.63, 3.8) is 0 Å². The monoisotopic (exact) mass is 532 g/mol. The molecule has 0 saturated heterocycles. The second-order valence-corrected chi connectivity index (χ2v) is 10.6. The van der Waals surface area contributed by atoms with E-state index < -0.39 is 5.97 Å². The third-order valence-corrected chi connectivity index (χ3v) is 7.56. The topological polar surface area (TPSA) is 62.7 Å². The average Bonchev–Trinajstić information content (AvgIpc) is 3.42. The number of aryl methyl sites for hydroxylation is 1. The van der Waals surface area contributed by atoms with Gasteiger partial charge in [-0.15, -0.1) is 11.3 Å². The van der Waals surface area contributed by atoms with E-state index in [1.165, 1.54) is 5.56 Å². The molecule has 0 radical (unpaired) electrons. The van der Waals surface area contributed by atoms with Crippen LogP contribution in [0.1, 0.15) is 29.5 Å². The van der Waals surface area contributed by atoms with Gasteiger partial charge in [-0.1, -0.05) is 66.7 Å². The third-order valence-electron chi connectivity index (χ3n) is 5.96. The van der Waals surface area contributed by atoms with Crippen LogP contribution in [0.15, 0.2) is 84.2 Å². The smallest absolute Gasteiger partial charge is 0.303 e. The highest BCUT2D eigenvalue weighted by Crippen LogP contribution is 2.29. The van der Waals surface area contributed by atoms with Gasteiger partial charge in [-0.2, -0.15) is 11.8 Å². The van der Waals surface area contributed by atoms with Gasteiger partial charge in [-0.05, 0) is 53.7 Å². The molecular weight excluding hydrogens is 500 g/mol. The number of thiazole rings is 1. The standard InChI is InChI=1S/C30H32N2O3S2/c1-36-19-5-18-32(30-31-28(22-37-30)26-6-3-2-4-7-26)20-24-8-10-25(11-9-24)21-35-27-15-12-23(13-16-27)14-17-29(33)34/h2-4,6-13,15-16,22H,5,14,17-21H2,1H3,(H,33,34). The molecule has 0 spiro atoms. The van der Waals surface area contributed by atoms with E-state index in [0.717, 1.165) is 58.5 Å². The fourth-order valence-corrected chi connectivity index (χ4v) is 5.20. The van der Waals surface area contributed by atoms with Crippen LogP contribution in [0.2, 0.25) is 0 Å². The SMILES string of the molecule is CSCCCN(Cc1ccc(COc2ccc(CCC(=O)O)cc2)cc1)c1nc(-c2ccccc2)cs1. The Labute approximate surface area is 227 Å². The van der Waals surface area contributed by atoms with E-state index in [-0.39, 0.29) is 6.42 Å². The summed E-state index contributed by atoms with van der Waals surface area (Å²) < 4.78 is 5.94. The second kappa shape index (κ2) is 13.9. The number of nitrogens with zero attached hydrogens (tertiary/aromatic N) is 2. The number of carbonyl (C=O) groups is 1. The van der Waals surface area contributed by atoms with Gasteiger partial charge < -0.3 is 14.7 Å². The summed E-state index contributed by atoms with van der Waals surface area (Å²) in [7, 11) is 0. The number of thioether (sulfide) groups is 1. The quantitative estimate of drug-likeness (QED) is 0.174. The Kier molecular flexibility index (Phi) is 10.0. The zero-order valence-corrected chi connectivity index (χ0v) is 22.6. The van der Waals surface area contributed by atoms with Crippen molar-refractivity contribution >= 4 is 34.2 Å². The minimum Gasteiger partial charge on any atom is -0.489 e. The maximum absolute atomic E-state index is 10.7. The lowest BCUT2D eigenvalue weighted by atomic mass is 10.1. The van der Waals surface area contributed by atoms with Crippen molar-refractivity contribution in [1.82, 2.24) is 4.98 Å². The molecule has 7 heteroatoms. The number of hydrogen-bond donors (Lipinski definition) is 1. The van der Waals surface area contributed by atoms with Gasteiger partial charge in [0.15, 0.2) is 5.13 Å². The number of rotatable bonds is 14. The minimum absolute atomic E-state index is 0.137. The number of anilines is 1. The first kappa shape index (κ1) is 26.8. The predicted octanol–water partition coefficient (Wildman–Crippen LogP) is 7.17. The highest BCUT2D eigenvalue weighted by Gasteiger charge is 2.13. The molecule has 1 aromatic heterocycles. The van der Waals surface area contributed by atoms with Gasteiger partial charge in [-0.25, -0.2) is 4.98 Å². The van der Waals surface area contributed by atoms with Gasteiger partial charge in [0.25, 0.3) is 0 Å². The molecular formula is C30H32N2O3S2. The first-order chi connectivity index (χ1) is 18.1. The van der Waals surface area contributed by atoms with Gasteiger partial charge in [0.2, 0.25) is 0 Å². The highest BCUT2D eigenvalue weighted by atomic mass is 32.2. The number of ether oxygens (including phenoxy) is 1. The Morgan fingerprint density at radius 2 is 1.68 bits per heavy atom. The van der Waals surface area contributed by atoms with E-state index in [4.69, 9.17) is 14.8 Å². The number of aromatic nitrogens is 1. The molecule has 192 valence electrons. The molecule has 37 heavy (non-hydrogen) atoms. The van der Waals surface area contributed by atoms with Crippen molar-refractivity contribution in [3.8, 4) is 17.0 Å². The van der Waals surface area contributed by atoms with Gasteiger partial charge in [0, 0.05) is 30.5 Å². The molecule has 3 aromatic carbocycles. The fraction of sp³-hybridized carbons (Fsp3) is 0.267. The lowest BCUT2D eigenvalue weighted by Crippen LogP contribution is -2.24. The molecule has 0 aliphatic heterocycles. The van der Waals surface area contributed by atoms with Crippen molar-refractivity contribution < 1.29 is 14.6 Å². The zero-order valence-electron chi connectivity index (χ0n) is 21.0. The summed E-state index contributed by atoms with van der Waals surface area (Å²) in [4.78, 5) is 18.1. The highest BCUT2D eigenvalue weighted by molar-refractivity contribution is 7.98. The van der Waals surface area contributed by atoms with Crippen LogP contribution in [-0.2, 0) is 24.4 Å². The molecule has 4 aromatic rings. The van der Waals surface area contributed by atoms with Gasteiger partial charge in [-0.3, -0.25) is 4.79 Å².